The Bertz CT molecular complexity index is 663. The molecule has 2 atom stereocenters. The van der Waals surface area contributed by atoms with E-state index in [0.717, 1.165) is 29.0 Å². The van der Waals surface area contributed by atoms with Gasteiger partial charge < -0.3 is 9.47 Å². The first-order chi connectivity index (χ1) is 10.2. The second-order valence-corrected chi connectivity index (χ2v) is 5.46. The molecule has 1 saturated carbocycles. The topological polar surface area (TPSA) is 35.5 Å². The molecule has 3 rings (SSSR count). The summed E-state index contributed by atoms with van der Waals surface area (Å²) in [6.07, 6.45) is 0.862. The van der Waals surface area contributed by atoms with Crippen LogP contribution in [0.2, 0.25) is 0 Å². The Morgan fingerprint density at radius 3 is 2.52 bits per heavy atom. The normalized spacial score (nSPS) is 19.9. The molecule has 0 aliphatic heterocycles. The fourth-order valence-electron chi connectivity index (χ4n) is 2.60. The highest BCUT2D eigenvalue weighted by Crippen LogP contribution is 2.48. The third kappa shape index (κ3) is 3.07. The van der Waals surface area contributed by atoms with Crippen molar-refractivity contribution in [1.29, 1.82) is 0 Å². The first kappa shape index (κ1) is 13.7. The van der Waals surface area contributed by atoms with E-state index in [0.29, 0.717) is 0 Å². The van der Waals surface area contributed by atoms with Gasteiger partial charge in [-0.05, 0) is 54.7 Å². The van der Waals surface area contributed by atoms with Crippen molar-refractivity contribution in [3.8, 4) is 11.5 Å². The number of carbonyl (C=O) groups is 1. The summed E-state index contributed by atoms with van der Waals surface area (Å²) < 4.78 is 10.7. The van der Waals surface area contributed by atoms with Crippen LogP contribution in [0.15, 0.2) is 48.5 Å². The summed E-state index contributed by atoms with van der Waals surface area (Å²) in [6.45, 7) is 2.04. The van der Waals surface area contributed by atoms with Crippen LogP contribution in [0.25, 0.3) is 0 Å². The molecule has 1 aliphatic carbocycles. The first-order valence-corrected chi connectivity index (χ1v) is 7.09. The van der Waals surface area contributed by atoms with E-state index in [2.05, 4.69) is 0 Å². The van der Waals surface area contributed by atoms with E-state index in [1.807, 2.05) is 55.5 Å². The Kier molecular flexibility index (Phi) is 3.65. The van der Waals surface area contributed by atoms with E-state index in [9.17, 15) is 4.79 Å². The molecule has 2 aromatic carbocycles. The van der Waals surface area contributed by atoms with Gasteiger partial charge in [0.1, 0.15) is 11.5 Å². The number of esters is 1. The van der Waals surface area contributed by atoms with Crippen molar-refractivity contribution in [3.63, 3.8) is 0 Å². The number of benzene rings is 2. The largest absolute Gasteiger partial charge is 0.469 e. The van der Waals surface area contributed by atoms with E-state index in [4.69, 9.17) is 9.47 Å². The van der Waals surface area contributed by atoms with Crippen LogP contribution in [0.1, 0.15) is 23.5 Å². The summed E-state index contributed by atoms with van der Waals surface area (Å²) >= 11 is 0. The molecule has 0 aromatic heterocycles. The fraction of sp³-hybridized carbons (Fsp3) is 0.278. The van der Waals surface area contributed by atoms with Gasteiger partial charge in [0.05, 0.1) is 13.0 Å². The molecule has 108 valence electrons. The van der Waals surface area contributed by atoms with E-state index in [1.165, 1.54) is 7.11 Å². The summed E-state index contributed by atoms with van der Waals surface area (Å²) in [5.74, 6) is 1.77. The van der Waals surface area contributed by atoms with Crippen molar-refractivity contribution in [2.75, 3.05) is 7.11 Å². The van der Waals surface area contributed by atoms with Gasteiger partial charge in [0.25, 0.3) is 0 Å². The van der Waals surface area contributed by atoms with Crippen molar-refractivity contribution >= 4 is 5.97 Å². The fourth-order valence-corrected chi connectivity index (χ4v) is 2.60. The monoisotopic (exact) mass is 282 g/mol. The Morgan fingerprint density at radius 1 is 1.10 bits per heavy atom. The van der Waals surface area contributed by atoms with Crippen LogP contribution in [-0.4, -0.2) is 13.1 Å². The molecule has 0 N–H and O–H groups in total. The summed E-state index contributed by atoms with van der Waals surface area (Å²) in [5.41, 5.74) is 2.30. The predicted molar refractivity (Wildman–Crippen MR) is 80.6 cm³/mol. The standard InChI is InChI=1S/C18H18O3/c1-12-5-3-7-14(9-12)21-15-8-4-6-13(10-15)16-11-17(16)18(19)20-2/h3-10,16-17H,11H2,1-2H3/t16-,17+/m0/s1. The summed E-state index contributed by atoms with van der Waals surface area (Å²) in [5, 5.41) is 0. The molecule has 0 heterocycles. The number of methoxy groups -OCH3 is 1. The number of aryl methyl sites for hydroxylation is 1. The summed E-state index contributed by atoms with van der Waals surface area (Å²) in [6, 6.07) is 15.9. The molecule has 0 saturated heterocycles. The Hall–Kier alpha value is -2.29. The van der Waals surface area contributed by atoms with Gasteiger partial charge in [-0.1, -0.05) is 24.3 Å². The molecular formula is C18H18O3. The number of hydrogen-bond acceptors (Lipinski definition) is 3. The molecule has 0 bridgehead atoms. The van der Waals surface area contributed by atoms with Crippen molar-refractivity contribution in [1.82, 2.24) is 0 Å². The molecule has 3 heteroatoms. The Balaban J connectivity index is 1.74. The minimum atomic E-state index is -0.120. The third-order valence-electron chi connectivity index (χ3n) is 3.81. The lowest BCUT2D eigenvalue weighted by Crippen LogP contribution is -2.03. The SMILES string of the molecule is COC(=O)[C@@H]1C[C@H]1c1cccc(Oc2cccc(C)c2)c1. The second-order valence-electron chi connectivity index (χ2n) is 5.46. The van der Waals surface area contributed by atoms with Gasteiger partial charge in [-0.15, -0.1) is 0 Å². The molecule has 0 spiro atoms. The lowest BCUT2D eigenvalue weighted by molar-refractivity contribution is -0.142. The van der Waals surface area contributed by atoms with Crippen molar-refractivity contribution in [2.24, 2.45) is 5.92 Å². The zero-order valence-electron chi connectivity index (χ0n) is 12.2. The van der Waals surface area contributed by atoms with Gasteiger partial charge in [-0.25, -0.2) is 0 Å². The highest BCUT2D eigenvalue weighted by molar-refractivity contribution is 5.77. The highest BCUT2D eigenvalue weighted by atomic mass is 16.5. The third-order valence-corrected chi connectivity index (χ3v) is 3.81. The van der Waals surface area contributed by atoms with Gasteiger partial charge in [-0.3, -0.25) is 4.79 Å². The first-order valence-electron chi connectivity index (χ1n) is 7.09. The predicted octanol–water partition coefficient (Wildman–Crippen LogP) is 4.06. The van der Waals surface area contributed by atoms with Crippen LogP contribution in [0.4, 0.5) is 0 Å². The molecule has 1 fully saturated rings. The number of rotatable bonds is 4. The Morgan fingerprint density at radius 2 is 1.81 bits per heavy atom. The number of carbonyl (C=O) groups excluding carboxylic acids is 1. The molecule has 21 heavy (non-hydrogen) atoms. The quantitative estimate of drug-likeness (QED) is 0.793. The molecule has 0 unspecified atom stereocenters. The maximum Gasteiger partial charge on any atom is 0.309 e. The van der Waals surface area contributed by atoms with Crippen LogP contribution in [0.3, 0.4) is 0 Å². The second kappa shape index (κ2) is 5.60. The number of hydrogen-bond donors (Lipinski definition) is 0. The van der Waals surface area contributed by atoms with Crippen LogP contribution >= 0.6 is 0 Å². The minimum Gasteiger partial charge on any atom is -0.469 e. The maximum absolute atomic E-state index is 11.5. The lowest BCUT2D eigenvalue weighted by atomic mass is 10.1. The van der Waals surface area contributed by atoms with Crippen LogP contribution in [0.5, 0.6) is 11.5 Å². The highest BCUT2D eigenvalue weighted by Gasteiger charge is 2.44. The van der Waals surface area contributed by atoms with E-state index >= 15 is 0 Å². The van der Waals surface area contributed by atoms with Crippen LogP contribution in [0, 0.1) is 12.8 Å². The van der Waals surface area contributed by atoms with Gasteiger partial charge in [0, 0.05) is 0 Å². The average Bonchev–Trinajstić information content (AvgIpc) is 3.27. The molecule has 3 nitrogen and oxygen atoms in total. The maximum atomic E-state index is 11.5. The molecule has 0 amide bonds. The molecular weight excluding hydrogens is 264 g/mol. The van der Waals surface area contributed by atoms with Crippen LogP contribution < -0.4 is 4.74 Å². The molecule has 2 aromatic rings. The smallest absolute Gasteiger partial charge is 0.309 e. The van der Waals surface area contributed by atoms with E-state index in [1.54, 1.807) is 0 Å². The van der Waals surface area contributed by atoms with Gasteiger partial charge in [-0.2, -0.15) is 0 Å². The molecule has 0 radical (unpaired) electrons. The average molecular weight is 282 g/mol. The number of ether oxygens (including phenoxy) is 2. The van der Waals surface area contributed by atoms with E-state index < -0.39 is 0 Å². The molecule has 1 aliphatic rings. The zero-order valence-corrected chi connectivity index (χ0v) is 12.2. The van der Waals surface area contributed by atoms with Gasteiger partial charge in [0.15, 0.2) is 0 Å². The van der Waals surface area contributed by atoms with Crippen molar-refractivity contribution in [3.05, 3.63) is 59.7 Å². The van der Waals surface area contributed by atoms with Crippen molar-refractivity contribution < 1.29 is 14.3 Å². The zero-order chi connectivity index (χ0) is 14.8. The minimum absolute atomic E-state index is 0.00391. The van der Waals surface area contributed by atoms with Gasteiger partial charge >= 0.3 is 5.97 Å². The van der Waals surface area contributed by atoms with Crippen molar-refractivity contribution in [2.45, 2.75) is 19.3 Å². The lowest BCUT2D eigenvalue weighted by Gasteiger charge is -2.08. The van der Waals surface area contributed by atoms with E-state index in [-0.39, 0.29) is 17.8 Å². The van der Waals surface area contributed by atoms with Gasteiger partial charge in [0.2, 0.25) is 0 Å². The van der Waals surface area contributed by atoms with Crippen LogP contribution in [-0.2, 0) is 9.53 Å². The summed E-state index contributed by atoms with van der Waals surface area (Å²) in [7, 11) is 1.44. The Labute approximate surface area is 124 Å². The summed E-state index contributed by atoms with van der Waals surface area (Å²) in [4.78, 5) is 11.5.